The summed E-state index contributed by atoms with van der Waals surface area (Å²) in [5, 5.41) is 0. The highest BCUT2D eigenvalue weighted by Crippen LogP contribution is 2.48. The van der Waals surface area contributed by atoms with Crippen molar-refractivity contribution in [2.75, 3.05) is 11.5 Å². The van der Waals surface area contributed by atoms with Crippen molar-refractivity contribution in [3.8, 4) is 0 Å². The van der Waals surface area contributed by atoms with Gasteiger partial charge in [-0.2, -0.15) is 0 Å². The van der Waals surface area contributed by atoms with E-state index in [1.54, 1.807) is 0 Å². The number of hydrogen-bond donors (Lipinski definition) is 2. The summed E-state index contributed by atoms with van der Waals surface area (Å²) in [7, 11) is 0. The topological polar surface area (TPSA) is 52.0 Å². The van der Waals surface area contributed by atoms with Gasteiger partial charge in [-0.05, 0) is 127 Å². The monoisotopic (exact) mass is 783 g/mol. The third-order valence-corrected chi connectivity index (χ3v) is 14.3. The Bertz CT molecular complexity index is 1620. The van der Waals surface area contributed by atoms with Crippen molar-refractivity contribution >= 4 is 11.4 Å². The second-order valence-corrected chi connectivity index (χ2v) is 18.5. The molecule has 4 N–H and O–H groups in total. The molecular formula is C56H82N2. The lowest BCUT2D eigenvalue weighted by atomic mass is 9.62. The van der Waals surface area contributed by atoms with E-state index in [2.05, 4.69) is 120 Å². The summed E-state index contributed by atoms with van der Waals surface area (Å²) in [6.45, 7) is 11.5. The van der Waals surface area contributed by atoms with Gasteiger partial charge in [0, 0.05) is 28.6 Å². The zero-order chi connectivity index (χ0) is 41.2. The van der Waals surface area contributed by atoms with Gasteiger partial charge in [0.25, 0.3) is 0 Å². The minimum atomic E-state index is 0.0531. The minimum absolute atomic E-state index is 0.0531. The van der Waals surface area contributed by atoms with E-state index in [0.29, 0.717) is 11.8 Å². The van der Waals surface area contributed by atoms with Crippen molar-refractivity contribution in [3.05, 3.63) is 129 Å². The Hall–Kier alpha value is -3.52. The van der Waals surface area contributed by atoms with E-state index in [9.17, 15) is 0 Å². The van der Waals surface area contributed by atoms with E-state index in [0.717, 1.165) is 17.3 Å². The van der Waals surface area contributed by atoms with Gasteiger partial charge in [0.05, 0.1) is 0 Å². The molecule has 0 radical (unpaired) electrons. The van der Waals surface area contributed by atoms with Gasteiger partial charge < -0.3 is 11.5 Å². The normalized spacial score (nSPS) is 18.0. The predicted molar refractivity (Wildman–Crippen MR) is 255 cm³/mol. The first kappa shape index (κ1) is 45.6. The number of anilines is 2. The molecule has 2 atom stereocenters. The van der Waals surface area contributed by atoms with Crippen LogP contribution in [0.4, 0.5) is 11.4 Å². The third kappa shape index (κ3) is 12.7. The third-order valence-electron chi connectivity index (χ3n) is 14.3. The van der Waals surface area contributed by atoms with Crippen molar-refractivity contribution < 1.29 is 0 Å². The molecule has 0 amide bonds. The second kappa shape index (κ2) is 23.9. The Kier molecular flexibility index (Phi) is 18.8. The molecular weight excluding hydrogens is 701 g/mol. The van der Waals surface area contributed by atoms with Crippen LogP contribution in [0.15, 0.2) is 84.9 Å². The first-order chi connectivity index (χ1) is 28.3. The molecule has 316 valence electrons. The maximum atomic E-state index is 6.26. The standard InChI is InChI=1S/C56H82N2/c1-6-9-11-13-15-17-19-21-23-54(52-35-33-50(57)41-43(52)4)46-25-29-48(30-26-46)56(39-37-45(8-3)38-40-56)49-31-27-47(28-32-49)55(53-36-34-51(58)42-44(53)5)24-22-20-18-16-14-12-10-7-2/h25-36,41-42,45,54-55H,6-24,37-40,57-58H2,1-5H3. The molecule has 0 spiro atoms. The van der Waals surface area contributed by atoms with E-state index in [1.165, 1.54) is 192 Å². The number of hydrogen-bond acceptors (Lipinski definition) is 2. The fourth-order valence-corrected chi connectivity index (χ4v) is 10.5. The Labute approximate surface area is 356 Å². The second-order valence-electron chi connectivity index (χ2n) is 18.5. The van der Waals surface area contributed by atoms with Crippen LogP contribution >= 0.6 is 0 Å². The van der Waals surface area contributed by atoms with E-state index in [4.69, 9.17) is 11.5 Å². The molecule has 4 aromatic rings. The molecule has 0 heterocycles. The van der Waals surface area contributed by atoms with Crippen molar-refractivity contribution in [2.24, 2.45) is 5.92 Å². The SMILES string of the molecule is CCCCCCCCCCC(c1ccc(C2(c3ccc(C(CCCCCCCCCC)c4ccc(N)cc4C)cc3)CCC(CC)CC2)cc1)c1ccc(N)cc1C. The summed E-state index contributed by atoms with van der Waals surface area (Å²) in [5.74, 6) is 1.63. The molecule has 1 saturated carbocycles. The van der Waals surface area contributed by atoms with Gasteiger partial charge >= 0.3 is 0 Å². The van der Waals surface area contributed by atoms with E-state index < -0.39 is 0 Å². The number of rotatable bonds is 25. The molecule has 0 bridgehead atoms. The summed E-state index contributed by atoms with van der Waals surface area (Å²) in [4.78, 5) is 0. The molecule has 1 aliphatic rings. The van der Waals surface area contributed by atoms with Crippen LogP contribution in [-0.2, 0) is 5.41 Å². The van der Waals surface area contributed by atoms with Gasteiger partial charge in [-0.1, -0.05) is 191 Å². The lowest BCUT2D eigenvalue weighted by Gasteiger charge is -2.41. The van der Waals surface area contributed by atoms with Crippen LogP contribution in [-0.4, -0.2) is 0 Å². The van der Waals surface area contributed by atoms with E-state index >= 15 is 0 Å². The Morgan fingerprint density at radius 3 is 1.19 bits per heavy atom. The van der Waals surface area contributed by atoms with Crippen molar-refractivity contribution in [1.82, 2.24) is 0 Å². The number of unbranched alkanes of at least 4 members (excludes halogenated alkanes) is 14. The van der Waals surface area contributed by atoms with Crippen LogP contribution in [0.3, 0.4) is 0 Å². The van der Waals surface area contributed by atoms with Gasteiger partial charge in [-0.25, -0.2) is 0 Å². The van der Waals surface area contributed by atoms with Gasteiger partial charge in [0.15, 0.2) is 0 Å². The van der Waals surface area contributed by atoms with Crippen LogP contribution in [0.2, 0.25) is 0 Å². The highest BCUT2D eigenvalue weighted by molar-refractivity contribution is 5.51. The highest BCUT2D eigenvalue weighted by atomic mass is 14.5. The molecule has 0 saturated heterocycles. The summed E-state index contributed by atoms with van der Waals surface area (Å²) in [6.07, 6.45) is 30.4. The molecule has 1 fully saturated rings. The summed E-state index contributed by atoms with van der Waals surface area (Å²) in [6, 6.07) is 33.2. The molecule has 5 rings (SSSR count). The number of nitrogen functional groups attached to an aromatic ring is 2. The van der Waals surface area contributed by atoms with Gasteiger partial charge in [-0.15, -0.1) is 0 Å². The Morgan fingerprint density at radius 2 is 0.845 bits per heavy atom. The van der Waals surface area contributed by atoms with E-state index in [1.807, 2.05) is 0 Å². The van der Waals surface area contributed by atoms with Gasteiger partial charge in [-0.3, -0.25) is 0 Å². The van der Waals surface area contributed by atoms with Crippen LogP contribution in [0, 0.1) is 19.8 Å². The van der Waals surface area contributed by atoms with E-state index in [-0.39, 0.29) is 5.41 Å². The van der Waals surface area contributed by atoms with Crippen molar-refractivity contribution in [2.45, 2.75) is 200 Å². The largest absolute Gasteiger partial charge is 0.399 e. The molecule has 0 aliphatic heterocycles. The zero-order valence-corrected chi connectivity index (χ0v) is 37.7. The summed E-state index contributed by atoms with van der Waals surface area (Å²) >= 11 is 0. The van der Waals surface area contributed by atoms with Gasteiger partial charge in [0.2, 0.25) is 0 Å². The molecule has 2 unspecified atom stereocenters. The quantitative estimate of drug-likeness (QED) is 0.0520. The maximum Gasteiger partial charge on any atom is 0.0316 e. The Balaban J connectivity index is 1.38. The van der Waals surface area contributed by atoms with Crippen LogP contribution in [0.25, 0.3) is 0 Å². The smallest absolute Gasteiger partial charge is 0.0316 e. The fraction of sp³-hybridized carbons (Fsp3) is 0.571. The summed E-state index contributed by atoms with van der Waals surface area (Å²) < 4.78 is 0. The summed E-state index contributed by atoms with van der Waals surface area (Å²) in [5.41, 5.74) is 25.7. The average Bonchev–Trinajstić information content (AvgIpc) is 3.24. The Morgan fingerprint density at radius 1 is 0.483 bits per heavy atom. The average molecular weight is 783 g/mol. The predicted octanol–water partition coefficient (Wildman–Crippen LogP) is 16.7. The minimum Gasteiger partial charge on any atom is -0.399 e. The molecule has 0 aromatic heterocycles. The van der Waals surface area contributed by atoms with Crippen LogP contribution < -0.4 is 11.5 Å². The number of benzene rings is 4. The van der Waals surface area contributed by atoms with Crippen molar-refractivity contribution in [1.29, 1.82) is 0 Å². The lowest BCUT2D eigenvalue weighted by Crippen LogP contribution is -2.33. The highest BCUT2D eigenvalue weighted by Gasteiger charge is 2.38. The van der Waals surface area contributed by atoms with Crippen molar-refractivity contribution in [3.63, 3.8) is 0 Å². The van der Waals surface area contributed by atoms with Gasteiger partial charge in [0.1, 0.15) is 0 Å². The maximum absolute atomic E-state index is 6.26. The molecule has 1 aliphatic carbocycles. The molecule has 2 nitrogen and oxygen atoms in total. The number of nitrogens with two attached hydrogens (primary N) is 2. The molecule has 4 aromatic carbocycles. The number of aryl methyl sites for hydroxylation is 2. The first-order valence-electron chi connectivity index (χ1n) is 24.2. The first-order valence-corrected chi connectivity index (χ1v) is 24.2. The lowest BCUT2D eigenvalue weighted by molar-refractivity contribution is 0.260. The van der Waals surface area contributed by atoms with Crippen LogP contribution in [0.1, 0.15) is 225 Å². The zero-order valence-electron chi connectivity index (χ0n) is 37.7. The molecule has 58 heavy (non-hydrogen) atoms. The fourth-order valence-electron chi connectivity index (χ4n) is 10.5. The van der Waals surface area contributed by atoms with Crippen LogP contribution in [0.5, 0.6) is 0 Å². The molecule has 2 heteroatoms.